The average Bonchev–Trinajstić information content (AvgIpc) is 3.30. The highest BCUT2D eigenvalue weighted by Gasteiger charge is 2.69. The molecule has 4 atom stereocenters. The van der Waals surface area contributed by atoms with Gasteiger partial charge >= 0.3 is 0 Å². The van der Waals surface area contributed by atoms with Crippen LogP contribution in [0.4, 0.5) is 5.95 Å². The zero-order valence-corrected chi connectivity index (χ0v) is 14.0. The topological polar surface area (TPSA) is 103 Å². The fourth-order valence-electron chi connectivity index (χ4n) is 6.03. The molecule has 0 aromatic carbocycles. The molecule has 1 aromatic rings. The molecule has 6 fully saturated rings. The Bertz CT molecular complexity index is 633. The number of hydrogen-bond donors (Lipinski definition) is 2. The third-order valence-corrected chi connectivity index (χ3v) is 7.16. The summed E-state index contributed by atoms with van der Waals surface area (Å²) in [6.45, 7) is 0. The van der Waals surface area contributed by atoms with E-state index in [1.807, 2.05) is 0 Å². The van der Waals surface area contributed by atoms with Crippen LogP contribution in [0.1, 0.15) is 51.4 Å². The van der Waals surface area contributed by atoms with Crippen LogP contribution in [0.3, 0.4) is 0 Å². The summed E-state index contributed by atoms with van der Waals surface area (Å²) in [6.07, 6.45) is 8.06. The maximum absolute atomic E-state index is 6.02. The number of rotatable bonds is 2. The third-order valence-electron chi connectivity index (χ3n) is 7.16. The summed E-state index contributed by atoms with van der Waals surface area (Å²) in [5.74, 6) is 1.60. The van der Waals surface area contributed by atoms with Crippen molar-refractivity contribution in [3.05, 3.63) is 0 Å². The smallest absolute Gasteiger partial charge is 0.240 e. The first-order valence-corrected chi connectivity index (χ1v) is 9.49. The van der Waals surface area contributed by atoms with Gasteiger partial charge in [0.2, 0.25) is 17.5 Å². The molecule has 0 radical (unpaired) electrons. The van der Waals surface area contributed by atoms with Gasteiger partial charge in [-0.3, -0.25) is 0 Å². The highest BCUT2D eigenvalue weighted by Crippen LogP contribution is 2.65. The van der Waals surface area contributed by atoms with E-state index in [9.17, 15) is 0 Å². The number of anilines is 1. The number of nitrogens with one attached hydrogen (secondary N) is 2. The van der Waals surface area contributed by atoms with Gasteiger partial charge in [-0.25, -0.2) is 5.10 Å². The van der Waals surface area contributed by atoms with E-state index in [1.165, 1.54) is 25.7 Å². The number of aromatic nitrogens is 4. The molecular weight excluding hydrogens is 326 g/mol. The van der Waals surface area contributed by atoms with E-state index in [0.717, 1.165) is 24.7 Å². The van der Waals surface area contributed by atoms with Gasteiger partial charge in [-0.05, 0) is 60.8 Å². The largest absolute Gasteiger partial charge is 0.351 e. The minimum Gasteiger partial charge on any atom is -0.351 e. The van der Waals surface area contributed by atoms with Crippen molar-refractivity contribution < 1.29 is 19.6 Å². The van der Waals surface area contributed by atoms with Gasteiger partial charge in [0.25, 0.3) is 0 Å². The van der Waals surface area contributed by atoms with E-state index >= 15 is 0 Å². The molecule has 7 rings (SSSR count). The predicted molar refractivity (Wildman–Crippen MR) is 82.3 cm³/mol. The third kappa shape index (κ3) is 2.12. The second-order valence-electron chi connectivity index (χ2n) is 8.51. The summed E-state index contributed by atoms with van der Waals surface area (Å²) < 4.78 is 0. The summed E-state index contributed by atoms with van der Waals surface area (Å²) in [6, 6.07) is 0.279. The quantitative estimate of drug-likeness (QED) is 0.781. The molecule has 2 N–H and O–H groups in total. The van der Waals surface area contributed by atoms with Gasteiger partial charge < -0.3 is 5.32 Å². The van der Waals surface area contributed by atoms with Crippen LogP contribution >= 0.6 is 0 Å². The summed E-state index contributed by atoms with van der Waals surface area (Å²) in [5.41, 5.74) is 0. The summed E-state index contributed by atoms with van der Waals surface area (Å²) in [5, 5.41) is 17.0. The molecule has 2 spiro atoms. The number of hydrogen-bond acceptors (Lipinski definition) is 8. The molecule has 9 nitrogen and oxygen atoms in total. The maximum atomic E-state index is 6.02. The van der Waals surface area contributed by atoms with E-state index in [-0.39, 0.29) is 6.04 Å². The number of nitrogens with zero attached hydrogens (tertiary/aromatic N) is 3. The van der Waals surface area contributed by atoms with Crippen molar-refractivity contribution >= 4 is 5.95 Å². The molecule has 5 aliphatic carbocycles. The Morgan fingerprint density at radius 1 is 1.00 bits per heavy atom. The van der Waals surface area contributed by atoms with E-state index < -0.39 is 11.6 Å². The Hall–Kier alpha value is -1.29. The molecule has 0 amide bonds. The van der Waals surface area contributed by atoms with Gasteiger partial charge in [0.15, 0.2) is 0 Å². The van der Waals surface area contributed by atoms with Crippen LogP contribution < -0.4 is 5.32 Å². The highest BCUT2D eigenvalue weighted by molar-refractivity contribution is 5.21. The van der Waals surface area contributed by atoms with Crippen LogP contribution in [-0.2, 0) is 19.6 Å². The van der Waals surface area contributed by atoms with Crippen LogP contribution in [0, 0.1) is 23.7 Å². The second-order valence-corrected chi connectivity index (χ2v) is 8.51. The number of tetrazole rings is 1. The molecular formula is C16H23N5O4. The minimum absolute atomic E-state index is 0.279. The SMILES string of the molecule is C1CC2(CCC1Nc1nnn[nH]1)OOC1(OO2)C2CC3CC(C2)C1C3. The lowest BCUT2D eigenvalue weighted by Crippen LogP contribution is -2.58. The lowest BCUT2D eigenvalue weighted by Gasteiger charge is -2.49. The Balaban J connectivity index is 1.10. The van der Waals surface area contributed by atoms with Gasteiger partial charge in [-0.2, -0.15) is 19.6 Å². The Morgan fingerprint density at radius 3 is 2.56 bits per heavy atom. The van der Waals surface area contributed by atoms with Crippen molar-refractivity contribution in [2.75, 3.05) is 5.32 Å². The summed E-state index contributed by atoms with van der Waals surface area (Å²) in [7, 11) is 0. The van der Waals surface area contributed by atoms with Gasteiger partial charge in [0.1, 0.15) is 0 Å². The molecule has 4 bridgehead atoms. The molecule has 1 saturated heterocycles. The fourth-order valence-corrected chi connectivity index (χ4v) is 6.03. The maximum Gasteiger partial charge on any atom is 0.240 e. The number of aromatic amines is 1. The molecule has 2 heterocycles. The molecule has 9 heteroatoms. The lowest BCUT2D eigenvalue weighted by molar-refractivity contribution is -0.672. The molecule has 5 saturated carbocycles. The average molecular weight is 349 g/mol. The predicted octanol–water partition coefficient (Wildman–Crippen LogP) is 1.92. The van der Waals surface area contributed by atoms with Gasteiger partial charge in [-0.15, -0.1) is 0 Å². The first kappa shape index (κ1) is 14.8. The monoisotopic (exact) mass is 349 g/mol. The van der Waals surface area contributed by atoms with Gasteiger partial charge in [-0.1, -0.05) is 5.10 Å². The first-order chi connectivity index (χ1) is 12.2. The van der Waals surface area contributed by atoms with E-state index in [4.69, 9.17) is 19.6 Å². The summed E-state index contributed by atoms with van der Waals surface area (Å²) >= 11 is 0. The molecule has 1 aromatic heterocycles. The van der Waals surface area contributed by atoms with Crippen molar-refractivity contribution in [2.24, 2.45) is 23.7 Å². The molecule has 1 aliphatic heterocycles. The molecule has 25 heavy (non-hydrogen) atoms. The lowest BCUT2D eigenvalue weighted by atomic mass is 9.78. The van der Waals surface area contributed by atoms with Crippen molar-refractivity contribution in [2.45, 2.75) is 69.0 Å². The zero-order chi connectivity index (χ0) is 16.5. The fraction of sp³-hybridized carbons (Fsp3) is 0.938. The van der Waals surface area contributed by atoms with Crippen LogP contribution in [0.5, 0.6) is 0 Å². The standard InChI is InChI=1S/C16H23N5O4/c1-3-15(4-2-12(1)17-14-18-20-21-19-14)22-24-16(25-23-15)11-6-9-5-10(8-11)13(16)7-9/h9-13H,1-8H2,(H2,17,18,19,20,21). The second kappa shape index (κ2) is 5.12. The molecule has 136 valence electrons. The van der Waals surface area contributed by atoms with E-state index in [0.29, 0.717) is 30.6 Å². The Morgan fingerprint density at radius 2 is 1.84 bits per heavy atom. The van der Waals surface area contributed by atoms with Crippen LogP contribution in [0.15, 0.2) is 0 Å². The van der Waals surface area contributed by atoms with Crippen LogP contribution in [-0.4, -0.2) is 38.2 Å². The van der Waals surface area contributed by atoms with Crippen molar-refractivity contribution in [3.63, 3.8) is 0 Å². The van der Waals surface area contributed by atoms with E-state index in [2.05, 4.69) is 25.9 Å². The Labute approximate surface area is 145 Å². The van der Waals surface area contributed by atoms with E-state index in [1.54, 1.807) is 0 Å². The number of H-pyrrole nitrogens is 1. The van der Waals surface area contributed by atoms with Crippen molar-refractivity contribution in [3.8, 4) is 0 Å². The summed E-state index contributed by atoms with van der Waals surface area (Å²) in [4.78, 5) is 23.9. The molecule has 6 aliphatic rings. The normalized spacial score (nSPS) is 50.8. The first-order valence-electron chi connectivity index (χ1n) is 9.49. The van der Waals surface area contributed by atoms with Crippen LogP contribution in [0.2, 0.25) is 0 Å². The Kier molecular flexibility index (Phi) is 3.04. The zero-order valence-electron chi connectivity index (χ0n) is 14.0. The van der Waals surface area contributed by atoms with Gasteiger partial charge in [0, 0.05) is 30.7 Å². The highest BCUT2D eigenvalue weighted by atomic mass is 17.4. The van der Waals surface area contributed by atoms with Gasteiger partial charge in [0.05, 0.1) is 0 Å². The van der Waals surface area contributed by atoms with Crippen molar-refractivity contribution in [1.82, 2.24) is 20.6 Å². The van der Waals surface area contributed by atoms with Crippen molar-refractivity contribution in [1.29, 1.82) is 0 Å². The molecule has 4 unspecified atom stereocenters. The minimum atomic E-state index is -0.775. The van der Waals surface area contributed by atoms with Crippen LogP contribution in [0.25, 0.3) is 0 Å².